The topological polar surface area (TPSA) is 45.5 Å². The number of aryl methyl sites for hydroxylation is 5. The van der Waals surface area contributed by atoms with Crippen LogP contribution >= 0.6 is 0 Å². The van der Waals surface area contributed by atoms with E-state index in [-0.39, 0.29) is 22.7 Å². The van der Waals surface area contributed by atoms with Gasteiger partial charge in [0.05, 0.1) is 89.7 Å². The van der Waals surface area contributed by atoms with Crippen molar-refractivity contribution in [3.8, 4) is 90.0 Å². The molecular weight excluding hydrogens is 1420 g/mol. The van der Waals surface area contributed by atoms with Gasteiger partial charge in [-0.25, -0.2) is 9.97 Å². The van der Waals surface area contributed by atoms with Crippen LogP contribution in [0.3, 0.4) is 0 Å². The van der Waals surface area contributed by atoms with Gasteiger partial charge in [-0.3, -0.25) is 0 Å². The minimum atomic E-state index is -4.90. The number of benzene rings is 14. The number of alkyl halides is 6. The summed E-state index contributed by atoms with van der Waals surface area (Å²) in [5.41, 5.74) is 18.4. The molecule has 6 heterocycles. The zero-order chi connectivity index (χ0) is 77.6. The fourth-order valence-corrected chi connectivity index (χ4v) is 17.6. The van der Waals surface area contributed by atoms with E-state index in [0.29, 0.717) is 84.5 Å². The quantitative estimate of drug-likeness (QED) is 0.114. The average molecular weight is 1490 g/mol. The van der Waals surface area contributed by atoms with Crippen LogP contribution in [0.2, 0.25) is 0 Å². The number of para-hydroxylation sites is 2. The lowest BCUT2D eigenvalue weighted by molar-refractivity contribution is -0.138. The first-order valence-electron chi connectivity index (χ1n) is 38.2. The molecule has 0 aliphatic carbocycles. The first kappa shape index (κ1) is 69.4. The van der Waals surface area contributed by atoms with E-state index in [1.807, 2.05) is 259 Å². The van der Waals surface area contributed by atoms with Gasteiger partial charge in [-0.05, 0) is 213 Å². The number of pyridine rings is 2. The minimum Gasteiger partial charge on any atom is -0.309 e. The molecule has 114 heavy (non-hydrogen) atoms. The highest BCUT2D eigenvalue weighted by Crippen LogP contribution is 2.50. The standard InChI is InChI=1S/C102H70F6N6/c1-60-36-44-89-79(48-60)80-49-61(2)37-45-90(80)111(89)95-56-69(83-28-18-30-85(109-83)73-25-13-12-24-71(73)67-20-8-6-9-21-67)57-96(99(95)101(103,104)105)112-91-46-38-62(3)50-81(91)82-55-66(40-47-92(82)112)53-65-39-43-72(68-22-10-7-11-23-68)78(54-65)86-31-19-29-84(110-86)70-58-97(113-87-32-16-14-26-74(87)76-41-34-63(4)51-93(76)113)100(102(106,107)108)98(59-70)114-88-33-17-15-27-75(88)77-42-35-64(5)52-94(77)114/h6-52,54-59H,53H2,1-5H3. The van der Waals surface area contributed by atoms with Crippen LogP contribution in [0, 0.1) is 34.6 Å². The van der Waals surface area contributed by atoms with Crippen molar-refractivity contribution in [1.82, 2.24) is 28.2 Å². The molecule has 0 N–H and O–H groups in total. The number of fused-ring (bicyclic) bond motifs is 12. The molecule has 0 amide bonds. The number of nitrogens with zero attached hydrogens (tertiary/aromatic N) is 6. The molecule has 0 spiro atoms. The van der Waals surface area contributed by atoms with E-state index in [0.717, 1.165) is 115 Å². The first-order valence-corrected chi connectivity index (χ1v) is 38.2. The van der Waals surface area contributed by atoms with Gasteiger partial charge in [0.1, 0.15) is 11.1 Å². The molecule has 0 saturated heterocycles. The number of hydrogen-bond acceptors (Lipinski definition) is 2. The van der Waals surface area contributed by atoms with Gasteiger partial charge in [-0.1, -0.05) is 211 Å². The largest absolute Gasteiger partial charge is 0.420 e. The van der Waals surface area contributed by atoms with E-state index in [1.54, 1.807) is 42.5 Å². The third-order valence-corrected chi connectivity index (χ3v) is 22.7. The van der Waals surface area contributed by atoms with Gasteiger partial charge in [-0.15, -0.1) is 0 Å². The molecule has 20 aromatic rings. The Kier molecular flexibility index (Phi) is 16.2. The summed E-state index contributed by atoms with van der Waals surface area (Å²) < 4.78 is 110. The summed E-state index contributed by atoms with van der Waals surface area (Å²) in [6.45, 7) is 9.91. The van der Waals surface area contributed by atoms with Crippen molar-refractivity contribution in [2.75, 3.05) is 0 Å². The van der Waals surface area contributed by atoms with Gasteiger partial charge in [0.15, 0.2) is 0 Å². The third-order valence-electron chi connectivity index (χ3n) is 22.7. The zero-order valence-corrected chi connectivity index (χ0v) is 62.8. The first-order chi connectivity index (χ1) is 55.3. The van der Waals surface area contributed by atoms with Gasteiger partial charge >= 0.3 is 12.4 Å². The Morgan fingerprint density at radius 2 is 0.553 bits per heavy atom. The molecule has 6 aromatic heterocycles. The van der Waals surface area contributed by atoms with Crippen LogP contribution in [-0.4, -0.2) is 28.2 Å². The van der Waals surface area contributed by atoms with Crippen molar-refractivity contribution in [3.05, 3.63) is 372 Å². The molecule has 0 unspecified atom stereocenters. The number of hydrogen-bond donors (Lipinski definition) is 0. The molecule has 0 fully saturated rings. The second-order valence-electron chi connectivity index (χ2n) is 30.3. The maximum atomic E-state index is 17.3. The lowest BCUT2D eigenvalue weighted by Gasteiger charge is -2.23. The van der Waals surface area contributed by atoms with E-state index in [4.69, 9.17) is 9.97 Å². The second kappa shape index (κ2) is 26.7. The average Bonchev–Trinajstić information content (AvgIpc) is 1.53. The Balaban J connectivity index is 0.764. The van der Waals surface area contributed by atoms with Gasteiger partial charge in [0.25, 0.3) is 0 Å². The molecule has 0 atom stereocenters. The molecule has 0 aliphatic heterocycles. The molecule has 0 radical (unpaired) electrons. The van der Waals surface area contributed by atoms with Crippen molar-refractivity contribution < 1.29 is 26.3 Å². The molecule has 14 aromatic carbocycles. The summed E-state index contributed by atoms with van der Waals surface area (Å²) in [7, 11) is 0. The van der Waals surface area contributed by atoms with Gasteiger partial charge in [0.2, 0.25) is 0 Å². The van der Waals surface area contributed by atoms with Gasteiger partial charge < -0.3 is 18.3 Å². The lowest BCUT2D eigenvalue weighted by atomic mass is 9.92. The Morgan fingerprint density at radius 1 is 0.228 bits per heavy atom. The smallest absolute Gasteiger partial charge is 0.309 e. The fourth-order valence-electron chi connectivity index (χ4n) is 17.6. The van der Waals surface area contributed by atoms with Gasteiger partial charge in [0, 0.05) is 65.3 Å². The number of rotatable bonds is 12. The Morgan fingerprint density at radius 3 is 1.01 bits per heavy atom. The van der Waals surface area contributed by atoms with Crippen molar-refractivity contribution in [1.29, 1.82) is 0 Å². The van der Waals surface area contributed by atoms with Crippen molar-refractivity contribution in [2.24, 2.45) is 0 Å². The van der Waals surface area contributed by atoms with Crippen LogP contribution in [0.5, 0.6) is 0 Å². The molecule has 20 rings (SSSR count). The fraction of sp³-hybridized carbons (Fsp3) is 0.0784. The predicted molar refractivity (Wildman–Crippen MR) is 455 cm³/mol. The maximum Gasteiger partial charge on any atom is 0.420 e. The highest BCUT2D eigenvalue weighted by molar-refractivity contribution is 6.14. The van der Waals surface area contributed by atoms with Crippen LogP contribution in [-0.2, 0) is 18.8 Å². The van der Waals surface area contributed by atoms with Crippen LogP contribution in [0.1, 0.15) is 50.1 Å². The van der Waals surface area contributed by atoms with Crippen LogP contribution in [0.15, 0.2) is 322 Å². The molecular formula is C102H70F6N6. The SMILES string of the molecule is Cc1ccc2c(c1)c1cc(C)ccc1n2-c1cc(-c2cccc(-c3ccccc3-c3ccccc3)n2)cc(-n2c3ccc(C)cc3c3cc(Cc4ccc(-c5ccccc5)c(-c5cccc(-c6cc(-n7c8ccccc8c8ccc(C)cc87)c(C(F)(F)F)c(-n7c8ccccc8c8ccc(C)cc87)c6)n5)c4)ccc32)c1C(F)(F)F. The second-order valence-corrected chi connectivity index (χ2v) is 30.3. The monoisotopic (exact) mass is 1490 g/mol. The molecule has 0 bridgehead atoms. The van der Waals surface area contributed by atoms with E-state index >= 15 is 26.3 Å². The van der Waals surface area contributed by atoms with E-state index in [2.05, 4.69) is 72.8 Å². The normalized spacial score (nSPS) is 12.2. The Bertz CT molecular complexity index is 7160. The predicted octanol–water partition coefficient (Wildman–Crippen LogP) is 28.0. The summed E-state index contributed by atoms with van der Waals surface area (Å²) in [6, 6.07) is 104. The Labute approximate surface area is 653 Å². The van der Waals surface area contributed by atoms with Crippen molar-refractivity contribution in [3.63, 3.8) is 0 Å². The maximum absolute atomic E-state index is 17.3. The lowest BCUT2D eigenvalue weighted by Crippen LogP contribution is -2.16. The third kappa shape index (κ3) is 11.6. The molecule has 6 nitrogen and oxygen atoms in total. The molecule has 0 aliphatic rings. The highest BCUT2D eigenvalue weighted by atomic mass is 19.4. The summed E-state index contributed by atoms with van der Waals surface area (Å²) in [4.78, 5) is 10.9. The van der Waals surface area contributed by atoms with Crippen LogP contribution < -0.4 is 0 Å². The molecule has 12 heteroatoms. The van der Waals surface area contributed by atoms with Crippen molar-refractivity contribution in [2.45, 2.75) is 53.4 Å². The number of halogens is 6. The summed E-state index contributed by atoms with van der Waals surface area (Å²) >= 11 is 0. The number of aromatic nitrogens is 6. The van der Waals surface area contributed by atoms with E-state index in [9.17, 15) is 0 Å². The van der Waals surface area contributed by atoms with Crippen molar-refractivity contribution >= 4 is 87.2 Å². The summed E-state index contributed by atoms with van der Waals surface area (Å²) in [6.07, 6.45) is -9.36. The van der Waals surface area contributed by atoms with Crippen LogP contribution in [0.25, 0.3) is 177 Å². The molecule has 550 valence electrons. The minimum absolute atomic E-state index is 0.0362. The van der Waals surface area contributed by atoms with Gasteiger partial charge in [-0.2, -0.15) is 26.3 Å². The molecule has 0 saturated carbocycles. The Hall–Kier alpha value is -13.8. The summed E-state index contributed by atoms with van der Waals surface area (Å²) in [5.74, 6) is 0. The zero-order valence-electron chi connectivity index (χ0n) is 62.8. The highest BCUT2D eigenvalue weighted by Gasteiger charge is 2.42. The van der Waals surface area contributed by atoms with E-state index < -0.39 is 23.5 Å². The van der Waals surface area contributed by atoms with Crippen LogP contribution in [0.4, 0.5) is 26.3 Å². The summed E-state index contributed by atoms with van der Waals surface area (Å²) in [5, 5.41) is 6.54. The van der Waals surface area contributed by atoms with E-state index in [1.165, 1.54) is 0 Å².